The molecule has 1 aliphatic heterocycles. The van der Waals surface area contributed by atoms with E-state index < -0.39 is 0 Å². The van der Waals surface area contributed by atoms with Crippen molar-refractivity contribution in [1.29, 1.82) is 0 Å². The number of ether oxygens (including phenoxy) is 1. The lowest BCUT2D eigenvalue weighted by Gasteiger charge is -2.38. The highest BCUT2D eigenvalue weighted by Gasteiger charge is 2.31. The molecule has 18 heavy (non-hydrogen) atoms. The Balaban J connectivity index is 2.23. The SMILES string of the molecule is CCC1COC(C)CN1C(=O)c1sc(N)nc1C. The first kappa shape index (κ1) is 13.3. The quantitative estimate of drug-likeness (QED) is 0.887. The summed E-state index contributed by atoms with van der Waals surface area (Å²) in [4.78, 5) is 19.2. The van der Waals surface area contributed by atoms with Crippen molar-refractivity contribution in [2.45, 2.75) is 39.3 Å². The van der Waals surface area contributed by atoms with Crippen molar-refractivity contribution in [3.63, 3.8) is 0 Å². The number of aromatic nitrogens is 1. The largest absolute Gasteiger partial charge is 0.375 e. The van der Waals surface area contributed by atoms with Crippen molar-refractivity contribution in [2.75, 3.05) is 18.9 Å². The number of rotatable bonds is 2. The Labute approximate surface area is 111 Å². The molecule has 1 aliphatic rings. The molecule has 6 heteroatoms. The third-order valence-electron chi connectivity index (χ3n) is 3.21. The Hall–Kier alpha value is -1.14. The Morgan fingerprint density at radius 2 is 2.39 bits per heavy atom. The van der Waals surface area contributed by atoms with E-state index in [1.807, 2.05) is 18.7 Å². The molecular formula is C12H19N3O2S. The van der Waals surface area contributed by atoms with Crippen LogP contribution in [0.1, 0.15) is 35.6 Å². The lowest BCUT2D eigenvalue weighted by atomic mass is 10.1. The maximum absolute atomic E-state index is 12.5. The predicted molar refractivity (Wildman–Crippen MR) is 71.8 cm³/mol. The van der Waals surface area contributed by atoms with E-state index in [-0.39, 0.29) is 18.1 Å². The molecule has 1 amide bonds. The van der Waals surface area contributed by atoms with Crippen LogP contribution in [0.25, 0.3) is 0 Å². The van der Waals surface area contributed by atoms with Crippen molar-refractivity contribution in [3.05, 3.63) is 10.6 Å². The summed E-state index contributed by atoms with van der Waals surface area (Å²) < 4.78 is 5.60. The lowest BCUT2D eigenvalue weighted by Crippen LogP contribution is -2.51. The van der Waals surface area contributed by atoms with Crippen LogP contribution in [-0.4, -0.2) is 41.1 Å². The molecular weight excluding hydrogens is 250 g/mol. The van der Waals surface area contributed by atoms with Gasteiger partial charge in [-0.05, 0) is 20.3 Å². The van der Waals surface area contributed by atoms with E-state index in [0.29, 0.717) is 23.2 Å². The number of carbonyl (C=O) groups is 1. The maximum Gasteiger partial charge on any atom is 0.266 e. The van der Waals surface area contributed by atoms with E-state index in [2.05, 4.69) is 11.9 Å². The topological polar surface area (TPSA) is 68.5 Å². The zero-order valence-corrected chi connectivity index (χ0v) is 11.8. The van der Waals surface area contributed by atoms with Crippen LogP contribution in [0.2, 0.25) is 0 Å². The fraction of sp³-hybridized carbons (Fsp3) is 0.667. The van der Waals surface area contributed by atoms with Gasteiger partial charge in [0.25, 0.3) is 5.91 Å². The molecule has 1 aromatic heterocycles. The Kier molecular flexibility index (Phi) is 3.87. The number of hydrogen-bond donors (Lipinski definition) is 1. The number of thiazole rings is 1. The first-order chi connectivity index (χ1) is 8.52. The molecule has 2 atom stereocenters. The predicted octanol–water partition coefficient (Wildman–Crippen LogP) is 1.67. The molecule has 0 radical (unpaired) electrons. The Morgan fingerprint density at radius 3 is 2.94 bits per heavy atom. The summed E-state index contributed by atoms with van der Waals surface area (Å²) in [5, 5.41) is 0.449. The van der Waals surface area contributed by atoms with E-state index in [4.69, 9.17) is 10.5 Å². The first-order valence-corrected chi connectivity index (χ1v) is 7.00. The molecule has 1 saturated heterocycles. The number of aryl methyl sites for hydroxylation is 1. The summed E-state index contributed by atoms with van der Waals surface area (Å²) in [5.74, 6) is 0.0312. The number of nitrogens with two attached hydrogens (primary N) is 1. The maximum atomic E-state index is 12.5. The molecule has 100 valence electrons. The second-order valence-corrected chi connectivity index (χ2v) is 5.66. The van der Waals surface area contributed by atoms with Gasteiger partial charge in [0.1, 0.15) is 4.88 Å². The van der Waals surface area contributed by atoms with Crippen LogP contribution in [0.4, 0.5) is 5.13 Å². The third-order valence-corrected chi connectivity index (χ3v) is 4.18. The van der Waals surface area contributed by atoms with E-state index in [0.717, 1.165) is 12.1 Å². The summed E-state index contributed by atoms with van der Waals surface area (Å²) in [7, 11) is 0. The second-order valence-electron chi connectivity index (χ2n) is 4.63. The van der Waals surface area contributed by atoms with Gasteiger partial charge < -0.3 is 15.4 Å². The highest BCUT2D eigenvalue weighted by Crippen LogP contribution is 2.24. The van der Waals surface area contributed by atoms with Crippen LogP contribution in [0.5, 0.6) is 0 Å². The minimum absolute atomic E-state index is 0.0312. The molecule has 2 heterocycles. The van der Waals surface area contributed by atoms with Crippen LogP contribution in [0.15, 0.2) is 0 Å². The van der Waals surface area contributed by atoms with E-state index in [9.17, 15) is 4.79 Å². The number of hydrogen-bond acceptors (Lipinski definition) is 5. The Bertz CT molecular complexity index is 447. The number of morpholine rings is 1. The average Bonchev–Trinajstić information content (AvgIpc) is 2.67. The zero-order chi connectivity index (χ0) is 13.3. The molecule has 5 nitrogen and oxygen atoms in total. The average molecular weight is 269 g/mol. The summed E-state index contributed by atoms with van der Waals surface area (Å²) in [6.07, 6.45) is 0.980. The van der Waals surface area contributed by atoms with Gasteiger partial charge in [-0.15, -0.1) is 0 Å². The van der Waals surface area contributed by atoms with Gasteiger partial charge in [0.15, 0.2) is 5.13 Å². The highest BCUT2D eigenvalue weighted by molar-refractivity contribution is 7.17. The number of amides is 1. The van der Waals surface area contributed by atoms with Gasteiger partial charge in [-0.1, -0.05) is 18.3 Å². The van der Waals surface area contributed by atoms with Crippen LogP contribution >= 0.6 is 11.3 Å². The van der Waals surface area contributed by atoms with Crippen LogP contribution in [-0.2, 0) is 4.74 Å². The third kappa shape index (κ3) is 2.49. The highest BCUT2D eigenvalue weighted by atomic mass is 32.1. The first-order valence-electron chi connectivity index (χ1n) is 6.18. The molecule has 0 aromatic carbocycles. The standard InChI is InChI=1S/C12H19N3O2S/c1-4-9-6-17-7(2)5-15(9)11(16)10-8(3)14-12(13)18-10/h7,9H,4-6H2,1-3H3,(H2,13,14). The molecule has 0 aliphatic carbocycles. The summed E-state index contributed by atoms with van der Waals surface area (Å²) in [5.41, 5.74) is 6.37. The minimum Gasteiger partial charge on any atom is -0.375 e. The number of nitrogen functional groups attached to an aromatic ring is 1. The van der Waals surface area contributed by atoms with Crippen molar-refractivity contribution >= 4 is 22.4 Å². The van der Waals surface area contributed by atoms with Crippen LogP contribution in [0, 0.1) is 6.92 Å². The van der Waals surface area contributed by atoms with Gasteiger partial charge in [-0.2, -0.15) is 0 Å². The number of carbonyl (C=O) groups excluding carboxylic acids is 1. The Morgan fingerprint density at radius 1 is 1.67 bits per heavy atom. The summed E-state index contributed by atoms with van der Waals surface area (Å²) in [6.45, 7) is 7.12. The van der Waals surface area contributed by atoms with Crippen molar-refractivity contribution in [1.82, 2.24) is 9.88 Å². The van der Waals surface area contributed by atoms with Crippen LogP contribution < -0.4 is 5.73 Å². The lowest BCUT2D eigenvalue weighted by molar-refractivity contribution is -0.0442. The molecule has 2 rings (SSSR count). The minimum atomic E-state index is 0.0312. The van der Waals surface area contributed by atoms with Crippen molar-refractivity contribution < 1.29 is 9.53 Å². The fourth-order valence-corrected chi connectivity index (χ4v) is 2.97. The molecule has 0 saturated carbocycles. The van der Waals surface area contributed by atoms with Gasteiger partial charge in [0, 0.05) is 6.54 Å². The normalized spacial score (nSPS) is 24.3. The smallest absolute Gasteiger partial charge is 0.266 e. The number of nitrogens with zero attached hydrogens (tertiary/aromatic N) is 2. The van der Waals surface area contributed by atoms with Crippen molar-refractivity contribution in [3.8, 4) is 0 Å². The van der Waals surface area contributed by atoms with Gasteiger partial charge in [0.2, 0.25) is 0 Å². The van der Waals surface area contributed by atoms with Gasteiger partial charge >= 0.3 is 0 Å². The molecule has 2 unspecified atom stereocenters. The van der Waals surface area contributed by atoms with Gasteiger partial charge in [0.05, 0.1) is 24.4 Å². The number of anilines is 1. The fourth-order valence-electron chi connectivity index (χ4n) is 2.18. The molecule has 1 fully saturated rings. The van der Waals surface area contributed by atoms with Gasteiger partial charge in [-0.3, -0.25) is 4.79 Å². The molecule has 2 N–H and O–H groups in total. The van der Waals surface area contributed by atoms with E-state index >= 15 is 0 Å². The van der Waals surface area contributed by atoms with Crippen molar-refractivity contribution in [2.24, 2.45) is 0 Å². The summed E-state index contributed by atoms with van der Waals surface area (Å²) >= 11 is 1.26. The van der Waals surface area contributed by atoms with Crippen LogP contribution in [0.3, 0.4) is 0 Å². The zero-order valence-electron chi connectivity index (χ0n) is 11.0. The molecule has 1 aromatic rings. The molecule has 0 bridgehead atoms. The molecule has 0 spiro atoms. The monoisotopic (exact) mass is 269 g/mol. The van der Waals surface area contributed by atoms with E-state index in [1.54, 1.807) is 0 Å². The summed E-state index contributed by atoms with van der Waals surface area (Å²) in [6, 6.07) is 0.149. The second kappa shape index (κ2) is 5.24. The van der Waals surface area contributed by atoms with Gasteiger partial charge in [-0.25, -0.2) is 4.98 Å². The van der Waals surface area contributed by atoms with E-state index in [1.165, 1.54) is 11.3 Å².